The van der Waals surface area contributed by atoms with Gasteiger partial charge in [0.1, 0.15) is 5.82 Å². The second kappa shape index (κ2) is 5.50. The molecule has 0 atom stereocenters. The lowest BCUT2D eigenvalue weighted by Crippen LogP contribution is -2.61. The monoisotopic (exact) mass is 279 g/mol. The number of amides is 1. The highest BCUT2D eigenvalue weighted by Crippen LogP contribution is 2.24. The lowest BCUT2D eigenvalue weighted by atomic mass is 9.96. The van der Waals surface area contributed by atoms with Crippen LogP contribution >= 0.6 is 0 Å². The summed E-state index contributed by atoms with van der Waals surface area (Å²) in [6.07, 6.45) is 0. The third-order valence-corrected chi connectivity index (χ3v) is 4.07. The van der Waals surface area contributed by atoms with Crippen molar-refractivity contribution in [2.45, 2.75) is 32.5 Å². The number of hydrogen-bond donors (Lipinski definition) is 1. The first kappa shape index (κ1) is 14.9. The SMILES string of the molecule is CN1CCN(Cc2ccc(F)c(CN)c2)C(C)(C)C1=O. The van der Waals surface area contributed by atoms with Crippen LogP contribution in [0.15, 0.2) is 18.2 Å². The van der Waals surface area contributed by atoms with Gasteiger partial charge >= 0.3 is 0 Å². The molecule has 1 aromatic rings. The van der Waals surface area contributed by atoms with Crippen LogP contribution < -0.4 is 5.73 Å². The number of likely N-dealkylation sites (N-methyl/N-ethyl adjacent to an activating group) is 1. The summed E-state index contributed by atoms with van der Waals surface area (Å²) in [6.45, 7) is 6.19. The van der Waals surface area contributed by atoms with E-state index in [1.165, 1.54) is 6.07 Å². The second-order valence-electron chi connectivity index (χ2n) is 5.84. The largest absolute Gasteiger partial charge is 0.343 e. The molecule has 0 saturated carbocycles. The van der Waals surface area contributed by atoms with Crippen LogP contribution in [0, 0.1) is 5.82 Å². The van der Waals surface area contributed by atoms with E-state index in [4.69, 9.17) is 5.73 Å². The first-order valence-electron chi connectivity index (χ1n) is 6.84. The van der Waals surface area contributed by atoms with Crippen molar-refractivity contribution in [3.8, 4) is 0 Å². The Morgan fingerprint density at radius 1 is 1.35 bits per heavy atom. The van der Waals surface area contributed by atoms with Crippen molar-refractivity contribution in [3.05, 3.63) is 35.1 Å². The van der Waals surface area contributed by atoms with E-state index in [1.807, 2.05) is 20.9 Å². The fourth-order valence-electron chi connectivity index (χ4n) is 2.63. The molecule has 0 spiro atoms. The van der Waals surface area contributed by atoms with Crippen molar-refractivity contribution < 1.29 is 9.18 Å². The van der Waals surface area contributed by atoms with Crippen LogP contribution in [0.25, 0.3) is 0 Å². The number of nitrogens with two attached hydrogens (primary N) is 1. The zero-order valence-electron chi connectivity index (χ0n) is 12.3. The van der Waals surface area contributed by atoms with Gasteiger partial charge in [0.25, 0.3) is 0 Å². The highest BCUT2D eigenvalue weighted by molar-refractivity contribution is 5.86. The highest BCUT2D eigenvalue weighted by atomic mass is 19.1. The molecule has 0 bridgehead atoms. The molecule has 1 saturated heterocycles. The molecule has 0 aromatic heterocycles. The molecule has 20 heavy (non-hydrogen) atoms. The number of carbonyl (C=O) groups is 1. The molecule has 1 heterocycles. The van der Waals surface area contributed by atoms with Crippen LogP contribution in [0.1, 0.15) is 25.0 Å². The van der Waals surface area contributed by atoms with E-state index in [0.29, 0.717) is 18.7 Å². The summed E-state index contributed by atoms with van der Waals surface area (Å²) < 4.78 is 13.5. The van der Waals surface area contributed by atoms with E-state index < -0.39 is 5.54 Å². The Morgan fingerprint density at radius 2 is 2.05 bits per heavy atom. The maximum Gasteiger partial charge on any atom is 0.242 e. The predicted octanol–water partition coefficient (Wildman–Crippen LogP) is 1.34. The summed E-state index contributed by atoms with van der Waals surface area (Å²) in [5.41, 5.74) is 6.49. The van der Waals surface area contributed by atoms with Gasteiger partial charge in [0.2, 0.25) is 5.91 Å². The molecule has 1 fully saturated rings. The Morgan fingerprint density at radius 3 is 2.70 bits per heavy atom. The second-order valence-corrected chi connectivity index (χ2v) is 5.84. The third kappa shape index (κ3) is 2.69. The number of rotatable bonds is 3. The van der Waals surface area contributed by atoms with Crippen molar-refractivity contribution in [1.29, 1.82) is 0 Å². The molecule has 1 amide bonds. The Balaban J connectivity index is 2.19. The minimum atomic E-state index is -0.537. The Bertz CT molecular complexity index is 516. The van der Waals surface area contributed by atoms with E-state index >= 15 is 0 Å². The van der Waals surface area contributed by atoms with Gasteiger partial charge in [0, 0.05) is 38.8 Å². The molecule has 0 aliphatic carbocycles. The summed E-state index contributed by atoms with van der Waals surface area (Å²) >= 11 is 0. The van der Waals surface area contributed by atoms with Crippen LogP contribution in [0.5, 0.6) is 0 Å². The van der Waals surface area contributed by atoms with Gasteiger partial charge in [-0.15, -0.1) is 0 Å². The maximum atomic E-state index is 13.5. The van der Waals surface area contributed by atoms with E-state index in [2.05, 4.69) is 4.90 Å². The van der Waals surface area contributed by atoms with Gasteiger partial charge in [-0.25, -0.2) is 4.39 Å². The topological polar surface area (TPSA) is 49.6 Å². The summed E-state index contributed by atoms with van der Waals surface area (Å²) in [5.74, 6) is -0.158. The number of carbonyl (C=O) groups excluding carboxylic acids is 1. The number of hydrogen-bond acceptors (Lipinski definition) is 3. The highest BCUT2D eigenvalue weighted by Gasteiger charge is 2.40. The normalized spacial score (nSPS) is 19.4. The van der Waals surface area contributed by atoms with Crippen molar-refractivity contribution in [2.75, 3.05) is 20.1 Å². The first-order chi connectivity index (χ1) is 9.36. The van der Waals surface area contributed by atoms with Crippen LogP contribution in [-0.4, -0.2) is 41.4 Å². The summed E-state index contributed by atoms with van der Waals surface area (Å²) in [6, 6.07) is 4.99. The van der Waals surface area contributed by atoms with E-state index in [1.54, 1.807) is 17.0 Å². The molecule has 110 valence electrons. The predicted molar refractivity (Wildman–Crippen MR) is 76.4 cm³/mol. The van der Waals surface area contributed by atoms with Crippen molar-refractivity contribution in [1.82, 2.24) is 9.80 Å². The Labute approximate surface area is 119 Å². The van der Waals surface area contributed by atoms with Crippen molar-refractivity contribution in [3.63, 3.8) is 0 Å². The molecule has 5 heteroatoms. The van der Waals surface area contributed by atoms with Gasteiger partial charge in [0.15, 0.2) is 0 Å². The number of nitrogens with zero attached hydrogens (tertiary/aromatic N) is 2. The van der Waals surface area contributed by atoms with E-state index in [9.17, 15) is 9.18 Å². The first-order valence-corrected chi connectivity index (χ1v) is 6.84. The molecule has 1 aliphatic heterocycles. The molecule has 1 aliphatic rings. The summed E-state index contributed by atoms with van der Waals surface area (Å²) in [5, 5.41) is 0. The number of piperazine rings is 1. The Kier molecular flexibility index (Phi) is 4.11. The molecule has 0 unspecified atom stereocenters. The van der Waals surface area contributed by atoms with E-state index in [0.717, 1.165) is 12.1 Å². The van der Waals surface area contributed by atoms with Gasteiger partial charge < -0.3 is 10.6 Å². The number of benzene rings is 1. The standard InChI is InChI=1S/C15H22FN3O/c1-15(2)14(20)18(3)6-7-19(15)10-11-4-5-13(16)12(8-11)9-17/h4-5,8H,6-7,9-10,17H2,1-3H3. The molecule has 2 rings (SSSR count). The maximum absolute atomic E-state index is 13.5. The molecule has 1 aromatic carbocycles. The minimum absolute atomic E-state index is 0.116. The van der Waals surface area contributed by atoms with Gasteiger partial charge in [-0.2, -0.15) is 0 Å². The van der Waals surface area contributed by atoms with Crippen molar-refractivity contribution in [2.24, 2.45) is 5.73 Å². The molecular formula is C15H22FN3O. The molecule has 4 nitrogen and oxygen atoms in total. The summed E-state index contributed by atoms with van der Waals surface area (Å²) in [7, 11) is 1.83. The van der Waals surface area contributed by atoms with Gasteiger partial charge in [-0.3, -0.25) is 9.69 Å². The zero-order valence-corrected chi connectivity index (χ0v) is 12.3. The fraction of sp³-hybridized carbons (Fsp3) is 0.533. The quantitative estimate of drug-likeness (QED) is 0.908. The molecule has 2 N–H and O–H groups in total. The van der Waals surface area contributed by atoms with E-state index in [-0.39, 0.29) is 18.3 Å². The summed E-state index contributed by atoms with van der Waals surface area (Å²) in [4.78, 5) is 16.1. The molecular weight excluding hydrogens is 257 g/mol. The average molecular weight is 279 g/mol. The van der Waals surface area contributed by atoms with Crippen LogP contribution in [0.4, 0.5) is 4.39 Å². The minimum Gasteiger partial charge on any atom is -0.343 e. The van der Waals surface area contributed by atoms with Gasteiger partial charge in [0.05, 0.1) is 5.54 Å². The van der Waals surface area contributed by atoms with Gasteiger partial charge in [-0.1, -0.05) is 12.1 Å². The number of halogens is 1. The van der Waals surface area contributed by atoms with Crippen LogP contribution in [0.2, 0.25) is 0 Å². The lowest BCUT2D eigenvalue weighted by Gasteiger charge is -2.44. The van der Waals surface area contributed by atoms with Crippen LogP contribution in [-0.2, 0) is 17.9 Å². The zero-order chi connectivity index (χ0) is 14.9. The average Bonchev–Trinajstić information content (AvgIpc) is 2.42. The fourth-order valence-corrected chi connectivity index (χ4v) is 2.63. The van der Waals surface area contributed by atoms with Gasteiger partial charge in [-0.05, 0) is 25.5 Å². The van der Waals surface area contributed by atoms with Crippen LogP contribution in [0.3, 0.4) is 0 Å². The smallest absolute Gasteiger partial charge is 0.242 e. The molecule has 0 radical (unpaired) electrons. The Hall–Kier alpha value is -1.46. The van der Waals surface area contributed by atoms with Crippen molar-refractivity contribution >= 4 is 5.91 Å². The lowest BCUT2D eigenvalue weighted by molar-refractivity contribution is -0.147. The third-order valence-electron chi connectivity index (χ3n) is 4.07.